The summed E-state index contributed by atoms with van der Waals surface area (Å²) in [6.07, 6.45) is 4.70. The molecule has 1 saturated carbocycles. The van der Waals surface area contributed by atoms with E-state index in [9.17, 15) is 17.2 Å². The predicted molar refractivity (Wildman–Crippen MR) is 132 cm³/mol. The highest BCUT2D eigenvalue weighted by Gasteiger charge is 2.49. The maximum absolute atomic E-state index is 14.8. The van der Waals surface area contributed by atoms with Gasteiger partial charge in [-0.2, -0.15) is 0 Å². The number of aliphatic imine (C=N–C) groups is 3. The van der Waals surface area contributed by atoms with Crippen molar-refractivity contribution in [1.82, 2.24) is 0 Å². The Morgan fingerprint density at radius 1 is 1.35 bits per heavy atom. The lowest BCUT2D eigenvalue weighted by Gasteiger charge is -2.38. The monoisotopic (exact) mass is 492 g/mol. The van der Waals surface area contributed by atoms with Crippen LogP contribution in [0, 0.1) is 11.7 Å². The molecule has 0 amide bonds. The molecule has 0 aromatic heterocycles. The number of rotatable bonds is 8. The largest absolute Gasteiger partial charge is 0.476 e. The molecule has 1 aliphatic heterocycles. The van der Waals surface area contributed by atoms with Gasteiger partial charge in [-0.25, -0.2) is 22.2 Å². The molecule has 7 nitrogen and oxygen atoms in total. The van der Waals surface area contributed by atoms with Crippen molar-refractivity contribution < 1.29 is 21.9 Å². The molecule has 1 aromatic carbocycles. The van der Waals surface area contributed by atoms with Gasteiger partial charge in [-0.15, -0.1) is 0 Å². The molecule has 1 aromatic rings. The number of nitrogens with zero attached hydrogens (tertiary/aromatic N) is 3. The van der Waals surface area contributed by atoms with Gasteiger partial charge < -0.3 is 10.5 Å². The lowest BCUT2D eigenvalue weighted by atomic mass is 9.91. The van der Waals surface area contributed by atoms with Crippen LogP contribution in [0.1, 0.15) is 51.7 Å². The zero-order valence-corrected chi connectivity index (χ0v) is 20.6. The Morgan fingerprint density at radius 3 is 2.62 bits per heavy atom. The van der Waals surface area contributed by atoms with Gasteiger partial charge in [0.1, 0.15) is 27.8 Å². The molecule has 1 aliphatic carbocycles. The summed E-state index contributed by atoms with van der Waals surface area (Å²) >= 11 is 0. The average molecular weight is 493 g/mol. The summed E-state index contributed by atoms with van der Waals surface area (Å²) in [5.41, 5.74) is 4.89. The third kappa shape index (κ3) is 5.43. The maximum atomic E-state index is 14.8. The normalized spacial score (nSPS) is 25.0. The van der Waals surface area contributed by atoms with Gasteiger partial charge >= 0.3 is 0 Å². The smallest absolute Gasteiger partial charge is 0.231 e. The molecule has 3 rings (SSSR count). The number of allylic oxidation sites excluding steroid dienone is 1. The fourth-order valence-electron chi connectivity index (χ4n) is 3.40. The second kappa shape index (κ2) is 9.40. The molecule has 184 valence electrons. The van der Waals surface area contributed by atoms with Crippen molar-refractivity contribution >= 4 is 34.2 Å². The highest BCUT2D eigenvalue weighted by Crippen LogP contribution is 2.38. The van der Waals surface area contributed by atoms with E-state index in [4.69, 9.17) is 10.5 Å². The first-order chi connectivity index (χ1) is 15.8. The van der Waals surface area contributed by atoms with Crippen LogP contribution >= 0.6 is 0 Å². The van der Waals surface area contributed by atoms with E-state index in [0.717, 1.165) is 18.9 Å². The maximum Gasteiger partial charge on any atom is 0.231 e. The fourth-order valence-corrected chi connectivity index (χ4v) is 5.09. The van der Waals surface area contributed by atoms with Crippen LogP contribution in [0.5, 0.6) is 0 Å². The van der Waals surface area contributed by atoms with Crippen molar-refractivity contribution in [3.05, 3.63) is 53.1 Å². The van der Waals surface area contributed by atoms with Gasteiger partial charge in [-0.3, -0.25) is 9.98 Å². The SMILES string of the molecule is C=N\C(=C/N=C(C)/C(F)=C/c1ccc(F)c([C@]2(C)CS(=O)(=O)C(C)(C)C(N)=N2)c1)OCC1CC1. The van der Waals surface area contributed by atoms with Gasteiger partial charge in [0.2, 0.25) is 5.88 Å². The van der Waals surface area contributed by atoms with E-state index in [1.807, 2.05) is 0 Å². The summed E-state index contributed by atoms with van der Waals surface area (Å²) in [6.45, 7) is 9.84. The van der Waals surface area contributed by atoms with E-state index < -0.39 is 37.5 Å². The van der Waals surface area contributed by atoms with Crippen molar-refractivity contribution in [3.8, 4) is 0 Å². The summed E-state index contributed by atoms with van der Waals surface area (Å²) in [6, 6.07) is 3.91. The van der Waals surface area contributed by atoms with Crippen LogP contribution in [0.4, 0.5) is 8.78 Å². The van der Waals surface area contributed by atoms with Crippen LogP contribution in [0.25, 0.3) is 6.08 Å². The minimum atomic E-state index is -3.72. The molecule has 0 spiro atoms. The van der Waals surface area contributed by atoms with Gasteiger partial charge in [0.15, 0.2) is 9.84 Å². The van der Waals surface area contributed by atoms with E-state index in [1.165, 1.54) is 52.1 Å². The van der Waals surface area contributed by atoms with Crippen LogP contribution < -0.4 is 5.73 Å². The Hall–Kier alpha value is -2.88. The van der Waals surface area contributed by atoms with Crippen molar-refractivity contribution in [2.75, 3.05) is 12.4 Å². The lowest BCUT2D eigenvalue weighted by molar-refractivity contribution is 0.197. The first-order valence-corrected chi connectivity index (χ1v) is 12.5. The van der Waals surface area contributed by atoms with Gasteiger partial charge in [-0.05, 0) is 76.9 Å². The second-order valence-corrected chi connectivity index (χ2v) is 11.9. The molecular weight excluding hydrogens is 462 g/mol. The van der Waals surface area contributed by atoms with Crippen LogP contribution in [0.15, 0.2) is 51.1 Å². The number of halogens is 2. The third-order valence-corrected chi connectivity index (χ3v) is 8.84. The molecule has 0 unspecified atom stereocenters. The number of sulfone groups is 1. The summed E-state index contributed by atoms with van der Waals surface area (Å²) < 4.78 is 59.3. The molecule has 0 radical (unpaired) electrons. The predicted octanol–water partition coefficient (Wildman–Crippen LogP) is 4.30. The van der Waals surface area contributed by atoms with E-state index in [0.29, 0.717) is 18.1 Å². The topological polar surface area (TPSA) is 106 Å². The minimum Gasteiger partial charge on any atom is -0.476 e. The van der Waals surface area contributed by atoms with Crippen LogP contribution in [0.3, 0.4) is 0 Å². The van der Waals surface area contributed by atoms with Crippen LogP contribution in [-0.4, -0.2) is 43.8 Å². The quantitative estimate of drug-likeness (QED) is 0.431. The number of nitrogens with two attached hydrogens (primary N) is 1. The minimum absolute atomic E-state index is 0.0113. The van der Waals surface area contributed by atoms with Gasteiger partial charge in [0.05, 0.1) is 24.3 Å². The Kier molecular flexibility index (Phi) is 7.12. The molecule has 2 N–H and O–H groups in total. The lowest BCUT2D eigenvalue weighted by Crippen LogP contribution is -2.55. The summed E-state index contributed by atoms with van der Waals surface area (Å²) in [4.78, 5) is 12.1. The van der Waals surface area contributed by atoms with E-state index >= 15 is 0 Å². The number of ether oxygens (including phenoxy) is 1. The fraction of sp³-hybridized carbons (Fsp3) is 0.458. The standard InChI is InChI=1S/C24H30F2N4O3S/c1-15(29-12-21(28-5)33-13-16-6-7-16)20(26)11-17-8-9-19(25)18(10-17)24(4)14-34(31,32)23(2,3)22(27)30-24/h8-12,16H,5-7,13-14H2,1-4H3,(H2,27,30)/b20-11-,21-12+,29-15+/t24-/m0/s1. The summed E-state index contributed by atoms with van der Waals surface area (Å²) in [5, 5.41) is 0. The van der Waals surface area contributed by atoms with E-state index in [-0.39, 0.29) is 23.0 Å². The number of amidine groups is 1. The van der Waals surface area contributed by atoms with E-state index in [2.05, 4.69) is 21.7 Å². The molecule has 1 fully saturated rings. The third-order valence-electron chi connectivity index (χ3n) is 6.13. The van der Waals surface area contributed by atoms with E-state index in [1.54, 1.807) is 0 Å². The molecule has 34 heavy (non-hydrogen) atoms. The first kappa shape index (κ1) is 25.7. The van der Waals surface area contributed by atoms with Crippen molar-refractivity contribution in [2.45, 2.75) is 50.8 Å². The summed E-state index contributed by atoms with van der Waals surface area (Å²) in [5.74, 6) is -1.12. The highest BCUT2D eigenvalue weighted by atomic mass is 32.2. The van der Waals surface area contributed by atoms with Crippen molar-refractivity contribution in [3.63, 3.8) is 0 Å². The zero-order valence-electron chi connectivity index (χ0n) is 19.8. The highest BCUT2D eigenvalue weighted by molar-refractivity contribution is 7.93. The van der Waals surface area contributed by atoms with Gasteiger partial charge in [0, 0.05) is 5.56 Å². The number of benzene rings is 1. The van der Waals surface area contributed by atoms with Crippen molar-refractivity contribution in [2.24, 2.45) is 26.6 Å². The average Bonchev–Trinajstić information content (AvgIpc) is 3.57. The molecule has 1 heterocycles. The van der Waals surface area contributed by atoms with Crippen molar-refractivity contribution in [1.29, 1.82) is 0 Å². The Balaban J connectivity index is 1.89. The van der Waals surface area contributed by atoms with Gasteiger partial charge in [-0.1, -0.05) is 6.07 Å². The molecule has 0 bridgehead atoms. The number of hydrogen-bond donors (Lipinski definition) is 1. The second-order valence-electron chi connectivity index (χ2n) is 9.37. The van der Waals surface area contributed by atoms with Crippen LogP contribution in [-0.2, 0) is 20.1 Å². The van der Waals surface area contributed by atoms with Gasteiger partial charge in [0.25, 0.3) is 0 Å². The molecule has 1 atom stereocenters. The Morgan fingerprint density at radius 2 is 2.03 bits per heavy atom. The molecule has 10 heteroatoms. The summed E-state index contributed by atoms with van der Waals surface area (Å²) in [7, 11) is -3.72. The first-order valence-electron chi connectivity index (χ1n) is 10.9. The zero-order chi connectivity index (χ0) is 25.3. The number of hydrogen-bond acceptors (Lipinski definition) is 7. The molecule has 0 saturated heterocycles. The Bertz CT molecular complexity index is 1210. The Labute approximate surface area is 199 Å². The molecular formula is C24H30F2N4O3S. The molecule has 2 aliphatic rings. The van der Waals surface area contributed by atoms with Crippen LogP contribution in [0.2, 0.25) is 0 Å².